The monoisotopic (exact) mass is 551 g/mol. The van der Waals surface area contributed by atoms with Gasteiger partial charge in [0.15, 0.2) is 11.5 Å². The molecule has 0 unspecified atom stereocenters. The van der Waals surface area contributed by atoms with Crippen LogP contribution in [0, 0.1) is 0 Å². The summed E-state index contributed by atoms with van der Waals surface area (Å²) < 4.78 is 19.6. The summed E-state index contributed by atoms with van der Waals surface area (Å²) in [5.41, 5.74) is 4.94. The number of aromatic amines is 1. The minimum Gasteiger partial charge on any atom is -0.490 e. The van der Waals surface area contributed by atoms with Crippen molar-refractivity contribution in [2.45, 2.75) is 47.5 Å². The molecule has 0 saturated heterocycles. The summed E-state index contributed by atoms with van der Waals surface area (Å²) in [6, 6.07) is 10.9. The molecule has 0 fully saturated rings. The van der Waals surface area contributed by atoms with Crippen LogP contribution in [-0.4, -0.2) is 46.2 Å². The van der Waals surface area contributed by atoms with E-state index in [0.717, 1.165) is 22.3 Å². The molecule has 0 atom stereocenters. The minimum atomic E-state index is -0.474. The van der Waals surface area contributed by atoms with Crippen LogP contribution in [0.15, 0.2) is 46.3 Å². The van der Waals surface area contributed by atoms with Gasteiger partial charge in [0.2, 0.25) is 10.9 Å². The Labute approximate surface area is 230 Å². The van der Waals surface area contributed by atoms with Crippen LogP contribution < -0.4 is 25.2 Å². The molecule has 206 valence electrons. The normalized spacial score (nSPS) is 11.6. The van der Waals surface area contributed by atoms with E-state index in [9.17, 15) is 9.59 Å². The Balaban J connectivity index is 1.66. The van der Waals surface area contributed by atoms with Crippen molar-refractivity contribution in [3.8, 4) is 22.4 Å². The molecule has 0 saturated carbocycles. The number of thiazole rings is 1. The van der Waals surface area contributed by atoms with Crippen LogP contribution in [-0.2, 0) is 6.42 Å². The molecule has 0 aliphatic rings. The van der Waals surface area contributed by atoms with E-state index in [0.29, 0.717) is 59.9 Å². The smallest absolute Gasteiger partial charge is 0.282 e. The maximum atomic E-state index is 13.5. The number of para-hydroxylation sites is 1. The third-order valence-electron chi connectivity index (χ3n) is 5.80. The molecule has 2 heterocycles. The number of fused-ring (bicyclic) bond motifs is 1. The number of amides is 1. The summed E-state index contributed by atoms with van der Waals surface area (Å²) >= 11 is 1.42. The number of aromatic nitrogens is 3. The first-order valence-corrected chi connectivity index (χ1v) is 13.8. The molecule has 11 heteroatoms. The molecule has 2 N–H and O–H groups in total. The van der Waals surface area contributed by atoms with Gasteiger partial charge in [-0.15, -0.1) is 0 Å². The summed E-state index contributed by atoms with van der Waals surface area (Å²) in [5, 5.41) is 8.03. The lowest BCUT2D eigenvalue weighted by Gasteiger charge is -2.16. The molecule has 10 nitrogen and oxygen atoms in total. The van der Waals surface area contributed by atoms with Gasteiger partial charge in [-0.3, -0.25) is 14.7 Å². The molecule has 4 aromatic rings. The highest BCUT2D eigenvalue weighted by Gasteiger charge is 2.21. The number of aryl methyl sites for hydroxylation is 1. The first-order valence-electron chi connectivity index (χ1n) is 13.0. The second kappa shape index (κ2) is 12.6. The Bertz CT molecular complexity index is 1490. The highest BCUT2D eigenvalue weighted by atomic mass is 32.1. The second-order valence-corrected chi connectivity index (χ2v) is 9.57. The average Bonchev–Trinajstić information content (AvgIpc) is 3.50. The van der Waals surface area contributed by atoms with Gasteiger partial charge in [-0.05, 0) is 58.4 Å². The van der Waals surface area contributed by atoms with Gasteiger partial charge in [0.1, 0.15) is 0 Å². The molecular formula is C28H33N5O5S. The number of benzene rings is 2. The lowest BCUT2D eigenvalue weighted by molar-refractivity contribution is 0.0953. The van der Waals surface area contributed by atoms with Gasteiger partial charge in [0, 0.05) is 11.3 Å². The Hall–Kier alpha value is -4.12. The number of carbonyl (C=O) groups excluding carboxylic acids is 1. The van der Waals surface area contributed by atoms with E-state index < -0.39 is 5.91 Å². The topological polar surface area (TPSA) is 120 Å². The summed E-state index contributed by atoms with van der Waals surface area (Å²) in [4.78, 5) is 31.2. The Kier molecular flexibility index (Phi) is 9.03. The zero-order valence-corrected chi connectivity index (χ0v) is 23.6. The van der Waals surface area contributed by atoms with Gasteiger partial charge < -0.3 is 14.2 Å². The van der Waals surface area contributed by atoms with Gasteiger partial charge in [0.25, 0.3) is 11.5 Å². The Morgan fingerprint density at radius 1 is 1.05 bits per heavy atom. The average molecular weight is 552 g/mol. The molecular weight excluding hydrogens is 518 g/mol. The zero-order valence-electron chi connectivity index (χ0n) is 22.8. The van der Waals surface area contributed by atoms with Gasteiger partial charge in [-0.2, -0.15) is 9.78 Å². The van der Waals surface area contributed by atoms with Crippen LogP contribution in [0.5, 0.6) is 17.2 Å². The van der Waals surface area contributed by atoms with E-state index in [1.165, 1.54) is 16.0 Å². The van der Waals surface area contributed by atoms with Gasteiger partial charge in [-0.25, -0.2) is 10.4 Å². The van der Waals surface area contributed by atoms with Gasteiger partial charge in [-0.1, -0.05) is 36.8 Å². The van der Waals surface area contributed by atoms with Gasteiger partial charge >= 0.3 is 0 Å². The van der Waals surface area contributed by atoms with E-state index in [-0.39, 0.29) is 11.1 Å². The van der Waals surface area contributed by atoms with Crippen molar-refractivity contribution in [3.63, 3.8) is 0 Å². The van der Waals surface area contributed by atoms with Crippen LogP contribution in [0.4, 0.5) is 0 Å². The zero-order chi connectivity index (χ0) is 27.9. The highest BCUT2D eigenvalue weighted by molar-refractivity contribution is 7.20. The molecule has 0 radical (unpaired) electrons. The number of H-pyrrole nitrogens is 1. The predicted molar refractivity (Wildman–Crippen MR) is 153 cm³/mol. The fourth-order valence-corrected chi connectivity index (χ4v) is 5.08. The van der Waals surface area contributed by atoms with Crippen molar-refractivity contribution in [2.24, 2.45) is 5.10 Å². The van der Waals surface area contributed by atoms with Crippen LogP contribution >= 0.6 is 11.3 Å². The summed E-state index contributed by atoms with van der Waals surface area (Å²) in [6.07, 6.45) is 1.45. The maximum Gasteiger partial charge on any atom is 0.282 e. The molecule has 0 aliphatic heterocycles. The van der Waals surface area contributed by atoms with Crippen molar-refractivity contribution in [2.75, 3.05) is 19.8 Å². The fourth-order valence-electron chi connectivity index (χ4n) is 4.15. The lowest BCUT2D eigenvalue weighted by Crippen LogP contribution is -2.23. The quantitative estimate of drug-likeness (QED) is 0.187. The van der Waals surface area contributed by atoms with Gasteiger partial charge in [0.05, 0.1) is 41.3 Å². The number of rotatable bonds is 12. The van der Waals surface area contributed by atoms with Crippen LogP contribution in [0.2, 0.25) is 0 Å². The van der Waals surface area contributed by atoms with Crippen LogP contribution in [0.25, 0.3) is 15.3 Å². The molecule has 39 heavy (non-hydrogen) atoms. The molecule has 0 spiro atoms. The van der Waals surface area contributed by atoms with Crippen molar-refractivity contribution in [3.05, 3.63) is 63.6 Å². The summed E-state index contributed by atoms with van der Waals surface area (Å²) in [6.45, 7) is 10.5. The number of carbonyl (C=O) groups is 1. The third-order valence-corrected chi connectivity index (χ3v) is 6.82. The third kappa shape index (κ3) is 5.98. The van der Waals surface area contributed by atoms with Crippen LogP contribution in [0.3, 0.4) is 0 Å². The minimum absolute atomic E-state index is 0.272. The second-order valence-electron chi connectivity index (χ2n) is 8.56. The SMILES string of the molecule is CCCc1[nH]n(-c2nc3ccccc3s2)c(=O)c1/C(C)=N/NC(=O)c1cc(OCC)c(OCC)c(OCC)c1. The first-order chi connectivity index (χ1) is 18.9. The molecule has 4 rings (SSSR count). The molecule has 1 amide bonds. The Morgan fingerprint density at radius 2 is 1.72 bits per heavy atom. The van der Waals surface area contributed by atoms with E-state index >= 15 is 0 Å². The van der Waals surface area contributed by atoms with E-state index in [2.05, 4.69) is 20.6 Å². The van der Waals surface area contributed by atoms with E-state index in [1.807, 2.05) is 52.0 Å². The van der Waals surface area contributed by atoms with Crippen LogP contribution in [0.1, 0.15) is 62.7 Å². The predicted octanol–water partition coefficient (Wildman–Crippen LogP) is 5.08. The van der Waals surface area contributed by atoms with E-state index in [1.54, 1.807) is 19.1 Å². The number of hydrogen-bond donors (Lipinski definition) is 2. The number of hydrogen-bond acceptors (Lipinski definition) is 8. The molecule has 0 bridgehead atoms. The fraction of sp³-hybridized carbons (Fsp3) is 0.357. The van der Waals surface area contributed by atoms with E-state index in [4.69, 9.17) is 14.2 Å². The van der Waals surface area contributed by atoms with Crippen molar-refractivity contribution in [1.82, 2.24) is 20.2 Å². The number of nitrogens with one attached hydrogen (secondary N) is 2. The van der Waals surface area contributed by atoms with Crippen molar-refractivity contribution in [1.29, 1.82) is 0 Å². The maximum absolute atomic E-state index is 13.5. The van der Waals surface area contributed by atoms with Crippen molar-refractivity contribution >= 4 is 33.2 Å². The molecule has 2 aromatic heterocycles. The molecule has 0 aliphatic carbocycles. The molecule has 2 aromatic carbocycles. The Morgan fingerprint density at radius 3 is 2.33 bits per heavy atom. The van der Waals surface area contributed by atoms with Crippen molar-refractivity contribution < 1.29 is 19.0 Å². The first kappa shape index (κ1) is 27.9. The largest absolute Gasteiger partial charge is 0.490 e. The lowest BCUT2D eigenvalue weighted by atomic mass is 10.1. The number of nitrogens with zero attached hydrogens (tertiary/aromatic N) is 3. The summed E-state index contributed by atoms with van der Waals surface area (Å²) in [5.74, 6) is 0.791. The standard InChI is InChI=1S/C28H33N5O5S/c1-6-12-20-24(27(35)33(32-20)28-29-19-13-10-11-14-23(19)39-28)17(5)30-31-26(34)18-15-21(36-7-2)25(38-9-4)22(16-18)37-8-3/h10-11,13-16,32H,6-9,12H2,1-5H3,(H,31,34)/b30-17+. The summed E-state index contributed by atoms with van der Waals surface area (Å²) in [7, 11) is 0. The highest BCUT2D eigenvalue weighted by Crippen LogP contribution is 2.39. The number of ether oxygens (including phenoxy) is 3. The number of hydrazone groups is 1.